The highest BCUT2D eigenvalue weighted by Gasteiger charge is 2.44. The van der Waals surface area contributed by atoms with Crippen LogP contribution < -0.4 is 10.1 Å². The van der Waals surface area contributed by atoms with Gasteiger partial charge < -0.3 is 15.2 Å². The first-order chi connectivity index (χ1) is 15.8. The number of nitrogens with one attached hydrogen (secondary N) is 2. The Morgan fingerprint density at radius 1 is 1.33 bits per heavy atom. The summed E-state index contributed by atoms with van der Waals surface area (Å²) in [5.74, 6) is -0.454. The van der Waals surface area contributed by atoms with E-state index >= 15 is 0 Å². The van der Waals surface area contributed by atoms with Gasteiger partial charge in [-0.3, -0.25) is 19.6 Å². The van der Waals surface area contributed by atoms with Crippen molar-refractivity contribution in [3.8, 4) is 17.1 Å². The minimum atomic E-state index is -0.886. The van der Waals surface area contributed by atoms with Crippen LogP contribution in [0.2, 0.25) is 0 Å². The van der Waals surface area contributed by atoms with Crippen LogP contribution in [0.1, 0.15) is 20.3 Å². The van der Waals surface area contributed by atoms with E-state index in [0.29, 0.717) is 31.1 Å². The molecule has 0 saturated carbocycles. The average Bonchev–Trinajstić information content (AvgIpc) is 3.38. The molecule has 1 fully saturated rings. The van der Waals surface area contributed by atoms with Gasteiger partial charge in [-0.05, 0) is 50.8 Å². The van der Waals surface area contributed by atoms with Crippen LogP contribution in [0.15, 0.2) is 36.5 Å². The third-order valence-electron chi connectivity index (χ3n) is 5.66. The summed E-state index contributed by atoms with van der Waals surface area (Å²) in [6.45, 7) is 4.82. The number of benzene rings is 1. The summed E-state index contributed by atoms with van der Waals surface area (Å²) in [7, 11) is 0. The fraction of sp³-hybridized carbons (Fsp3) is 0.391. The van der Waals surface area contributed by atoms with Crippen molar-refractivity contribution in [1.29, 1.82) is 0 Å². The van der Waals surface area contributed by atoms with Crippen molar-refractivity contribution in [2.45, 2.75) is 31.1 Å². The molecule has 0 aliphatic carbocycles. The van der Waals surface area contributed by atoms with E-state index in [1.165, 1.54) is 11.8 Å². The molecule has 2 aromatic heterocycles. The molecule has 10 heteroatoms. The Balaban J connectivity index is 1.55. The molecule has 4 rings (SSSR count). The van der Waals surface area contributed by atoms with Gasteiger partial charge in [0.05, 0.1) is 18.2 Å². The lowest BCUT2D eigenvalue weighted by molar-refractivity contribution is -0.138. The van der Waals surface area contributed by atoms with E-state index < -0.39 is 10.7 Å². The van der Waals surface area contributed by atoms with E-state index in [4.69, 9.17) is 9.84 Å². The molecule has 174 valence electrons. The molecule has 1 aliphatic rings. The number of H-pyrrole nitrogens is 1. The molecule has 0 unspecified atom stereocenters. The summed E-state index contributed by atoms with van der Waals surface area (Å²) in [4.78, 5) is 30.4. The molecular formula is C23H27N5O4S. The molecule has 3 heterocycles. The number of ether oxygens (including phenoxy) is 1. The SMILES string of the molecule is CS[C@@]1(C(=O)Nc2ccc3[nH]nc(-c4ccc(OC(C)C)nc4)c3c2)CCN(CC(=O)O)C1. The van der Waals surface area contributed by atoms with Gasteiger partial charge in [-0.1, -0.05) is 0 Å². The van der Waals surface area contributed by atoms with Crippen LogP contribution in [-0.2, 0) is 9.59 Å². The number of aromatic amines is 1. The monoisotopic (exact) mass is 469 g/mol. The maximum atomic E-state index is 13.2. The van der Waals surface area contributed by atoms with Crippen LogP contribution in [0.4, 0.5) is 5.69 Å². The maximum absolute atomic E-state index is 13.2. The smallest absolute Gasteiger partial charge is 0.317 e. The van der Waals surface area contributed by atoms with Crippen LogP contribution in [-0.4, -0.2) is 73.8 Å². The summed E-state index contributed by atoms with van der Waals surface area (Å²) in [6, 6.07) is 9.32. The summed E-state index contributed by atoms with van der Waals surface area (Å²) in [5.41, 5.74) is 3.07. The van der Waals surface area contributed by atoms with Crippen molar-refractivity contribution in [3.05, 3.63) is 36.5 Å². The Kier molecular flexibility index (Phi) is 6.57. The van der Waals surface area contributed by atoms with E-state index in [1.54, 1.807) is 11.1 Å². The zero-order chi connectivity index (χ0) is 23.6. The number of carbonyl (C=O) groups is 2. The minimum absolute atomic E-state index is 0.0429. The van der Waals surface area contributed by atoms with Crippen molar-refractivity contribution in [3.63, 3.8) is 0 Å². The number of amides is 1. The van der Waals surface area contributed by atoms with Crippen molar-refractivity contribution < 1.29 is 19.4 Å². The average molecular weight is 470 g/mol. The summed E-state index contributed by atoms with van der Waals surface area (Å²) in [6.07, 6.45) is 4.25. The van der Waals surface area contributed by atoms with E-state index in [-0.39, 0.29) is 18.6 Å². The number of hydrogen-bond donors (Lipinski definition) is 3. The highest BCUT2D eigenvalue weighted by atomic mass is 32.2. The lowest BCUT2D eigenvalue weighted by Gasteiger charge is -2.26. The predicted molar refractivity (Wildman–Crippen MR) is 129 cm³/mol. The minimum Gasteiger partial charge on any atom is -0.480 e. The molecule has 0 radical (unpaired) electrons. The lowest BCUT2D eigenvalue weighted by Crippen LogP contribution is -2.43. The van der Waals surface area contributed by atoms with Gasteiger partial charge in [0.1, 0.15) is 10.4 Å². The first kappa shape index (κ1) is 23.1. The van der Waals surface area contributed by atoms with E-state index in [1.807, 2.05) is 50.4 Å². The van der Waals surface area contributed by atoms with Crippen LogP contribution in [0.25, 0.3) is 22.2 Å². The highest BCUT2D eigenvalue weighted by molar-refractivity contribution is 8.00. The van der Waals surface area contributed by atoms with Crippen molar-refractivity contribution in [2.24, 2.45) is 0 Å². The summed E-state index contributed by atoms with van der Waals surface area (Å²) in [5, 5.41) is 20.4. The van der Waals surface area contributed by atoms with Crippen LogP contribution in [0.5, 0.6) is 5.88 Å². The molecule has 0 bridgehead atoms. The van der Waals surface area contributed by atoms with E-state index in [2.05, 4.69) is 20.5 Å². The zero-order valence-electron chi connectivity index (χ0n) is 18.8. The fourth-order valence-corrected chi connectivity index (χ4v) is 4.86. The Morgan fingerprint density at radius 2 is 2.15 bits per heavy atom. The predicted octanol–water partition coefficient (Wildman–Crippen LogP) is 3.24. The normalized spacial score (nSPS) is 18.7. The van der Waals surface area contributed by atoms with Gasteiger partial charge in [0, 0.05) is 42.0 Å². The first-order valence-electron chi connectivity index (χ1n) is 10.7. The molecule has 1 aliphatic heterocycles. The number of anilines is 1. The number of aromatic nitrogens is 3. The van der Waals surface area contributed by atoms with Crippen molar-refractivity contribution >= 4 is 40.2 Å². The number of carboxylic acid groups (broad SMARTS) is 1. The van der Waals surface area contributed by atoms with Crippen molar-refractivity contribution in [1.82, 2.24) is 20.1 Å². The van der Waals surface area contributed by atoms with Gasteiger partial charge in [-0.25, -0.2) is 4.98 Å². The number of carboxylic acids is 1. The van der Waals surface area contributed by atoms with Gasteiger partial charge in [-0.2, -0.15) is 5.10 Å². The number of carbonyl (C=O) groups excluding carboxylic acids is 1. The molecule has 3 aromatic rings. The second-order valence-corrected chi connectivity index (χ2v) is 9.58. The number of pyridine rings is 1. The van der Waals surface area contributed by atoms with Crippen molar-refractivity contribution in [2.75, 3.05) is 31.2 Å². The van der Waals surface area contributed by atoms with Crippen LogP contribution in [0, 0.1) is 0 Å². The second kappa shape index (κ2) is 9.40. The molecule has 1 aromatic carbocycles. The number of nitrogens with zero attached hydrogens (tertiary/aromatic N) is 3. The van der Waals surface area contributed by atoms with Gasteiger partial charge in [-0.15, -0.1) is 11.8 Å². The van der Waals surface area contributed by atoms with Gasteiger partial charge in [0.2, 0.25) is 11.8 Å². The molecule has 1 amide bonds. The lowest BCUT2D eigenvalue weighted by atomic mass is 10.1. The summed E-state index contributed by atoms with van der Waals surface area (Å²) >= 11 is 1.46. The standard InChI is InChI=1S/C23H27N5O4S/c1-14(2)32-19-7-4-15(11-24-19)21-17-10-16(5-6-18(17)26-27-21)25-22(31)23(33-3)8-9-28(13-23)12-20(29)30/h4-7,10-11,14H,8-9,12-13H2,1-3H3,(H,25,31)(H,26,27)(H,29,30)/t23-/m0/s1. The zero-order valence-corrected chi connectivity index (χ0v) is 19.6. The Morgan fingerprint density at radius 3 is 2.82 bits per heavy atom. The largest absolute Gasteiger partial charge is 0.480 e. The second-order valence-electron chi connectivity index (χ2n) is 8.39. The Hall–Kier alpha value is -3.11. The van der Waals surface area contributed by atoms with Gasteiger partial charge in [0.15, 0.2) is 0 Å². The topological polar surface area (TPSA) is 120 Å². The number of hydrogen-bond acceptors (Lipinski definition) is 7. The molecular weight excluding hydrogens is 442 g/mol. The van der Waals surface area contributed by atoms with Gasteiger partial charge in [0.25, 0.3) is 0 Å². The number of thioether (sulfide) groups is 1. The molecule has 33 heavy (non-hydrogen) atoms. The highest BCUT2D eigenvalue weighted by Crippen LogP contribution is 2.35. The maximum Gasteiger partial charge on any atom is 0.317 e. The molecule has 9 nitrogen and oxygen atoms in total. The fourth-order valence-electron chi connectivity index (χ4n) is 4.02. The quantitative estimate of drug-likeness (QED) is 0.460. The van der Waals surface area contributed by atoms with Crippen LogP contribution >= 0.6 is 11.8 Å². The van der Waals surface area contributed by atoms with E-state index in [0.717, 1.165) is 22.2 Å². The molecule has 3 N–H and O–H groups in total. The summed E-state index contributed by atoms with van der Waals surface area (Å²) < 4.78 is 4.93. The number of rotatable bonds is 8. The Bertz CT molecular complexity index is 1160. The number of fused-ring (bicyclic) bond motifs is 1. The number of aliphatic carboxylic acids is 1. The third kappa shape index (κ3) is 4.96. The van der Waals surface area contributed by atoms with Gasteiger partial charge >= 0.3 is 5.97 Å². The van der Waals surface area contributed by atoms with E-state index in [9.17, 15) is 9.59 Å². The van der Waals surface area contributed by atoms with Crippen LogP contribution in [0.3, 0.4) is 0 Å². The third-order valence-corrected chi connectivity index (χ3v) is 6.96. The Labute approximate surface area is 195 Å². The molecule has 1 saturated heterocycles. The number of likely N-dealkylation sites (tertiary alicyclic amines) is 1. The molecule has 1 atom stereocenters. The molecule has 0 spiro atoms. The first-order valence-corrected chi connectivity index (χ1v) is 11.9.